The predicted octanol–water partition coefficient (Wildman–Crippen LogP) is 2.97. The number of sulfonamides is 1. The summed E-state index contributed by atoms with van der Waals surface area (Å²) in [7, 11) is -3.95. The lowest BCUT2D eigenvalue weighted by Crippen LogP contribution is -2.26. The number of carbonyl (C=O) groups is 1. The van der Waals surface area contributed by atoms with Crippen LogP contribution in [-0.4, -0.2) is 24.5 Å². The maximum absolute atomic E-state index is 13.0. The molecule has 0 aliphatic carbocycles. The molecule has 0 aliphatic rings. The molecule has 10 heteroatoms. The van der Waals surface area contributed by atoms with Gasteiger partial charge in [0.1, 0.15) is 5.82 Å². The van der Waals surface area contributed by atoms with E-state index < -0.39 is 27.8 Å². The molecule has 27 heavy (non-hydrogen) atoms. The molecule has 0 bridgehead atoms. The molecule has 0 saturated heterocycles. The Balaban J connectivity index is 1.70. The van der Waals surface area contributed by atoms with E-state index in [0.717, 1.165) is 11.3 Å². The average molecular weight is 406 g/mol. The Morgan fingerprint density at radius 1 is 1.07 bits per heavy atom. The van der Waals surface area contributed by atoms with Crippen molar-refractivity contribution in [3.63, 3.8) is 0 Å². The van der Waals surface area contributed by atoms with E-state index >= 15 is 0 Å². The lowest BCUT2D eigenvalue weighted by Gasteiger charge is -2.12. The molecule has 1 heterocycles. The molecule has 7 nitrogen and oxygen atoms in total. The van der Waals surface area contributed by atoms with Crippen molar-refractivity contribution in [2.24, 2.45) is 0 Å². The minimum Gasteiger partial charge on any atom is -0.296 e. The third kappa shape index (κ3) is 4.73. The van der Waals surface area contributed by atoms with Crippen LogP contribution in [0, 0.1) is 5.82 Å². The summed E-state index contributed by atoms with van der Waals surface area (Å²) >= 11 is 0.738. The molecule has 1 amide bonds. The maximum atomic E-state index is 13.0. The molecule has 0 saturated carbocycles. The molecule has 0 spiro atoms. The minimum absolute atomic E-state index is 0.0682. The quantitative estimate of drug-likeness (QED) is 0.613. The van der Waals surface area contributed by atoms with Crippen LogP contribution in [0.4, 0.5) is 9.52 Å². The lowest BCUT2D eigenvalue weighted by atomic mass is 10.1. The van der Waals surface area contributed by atoms with E-state index in [1.807, 2.05) is 0 Å². The van der Waals surface area contributed by atoms with E-state index in [-0.39, 0.29) is 9.47 Å². The second-order valence-corrected chi connectivity index (χ2v) is 8.45. The highest BCUT2D eigenvalue weighted by Gasteiger charge is 2.24. The largest absolute Gasteiger partial charge is 0.296 e. The van der Waals surface area contributed by atoms with Gasteiger partial charge >= 0.3 is 0 Å². The van der Waals surface area contributed by atoms with Crippen molar-refractivity contribution in [1.82, 2.24) is 14.9 Å². The smallest absolute Gasteiger partial charge is 0.270 e. The number of halogens is 1. The number of carbonyl (C=O) groups excluding carboxylic acids is 1. The first-order valence-corrected chi connectivity index (χ1v) is 10.1. The van der Waals surface area contributed by atoms with Gasteiger partial charge in [0.25, 0.3) is 15.9 Å². The molecule has 1 aromatic heterocycles. The third-order valence-corrected chi connectivity index (χ3v) is 6.34. The van der Waals surface area contributed by atoms with Crippen molar-refractivity contribution in [3.05, 3.63) is 71.5 Å². The molecule has 2 N–H and O–H groups in total. The van der Waals surface area contributed by atoms with Gasteiger partial charge in [-0.25, -0.2) is 17.5 Å². The zero-order valence-electron chi connectivity index (χ0n) is 14.1. The van der Waals surface area contributed by atoms with Crippen LogP contribution >= 0.6 is 11.3 Å². The molecular formula is C17H15FN4O3S2. The van der Waals surface area contributed by atoms with Gasteiger partial charge < -0.3 is 0 Å². The van der Waals surface area contributed by atoms with Crippen LogP contribution in [0.2, 0.25) is 0 Å². The summed E-state index contributed by atoms with van der Waals surface area (Å²) < 4.78 is 40.1. The molecule has 1 atom stereocenters. The van der Waals surface area contributed by atoms with Gasteiger partial charge in [0.05, 0.1) is 0 Å². The summed E-state index contributed by atoms with van der Waals surface area (Å²) in [4.78, 5) is 12.1. The number of anilines is 1. The van der Waals surface area contributed by atoms with Gasteiger partial charge in [0.2, 0.25) is 9.47 Å². The van der Waals surface area contributed by atoms with Crippen molar-refractivity contribution in [3.8, 4) is 0 Å². The molecule has 0 unspecified atom stereocenters. The Hall–Kier alpha value is -2.69. The molecule has 0 aliphatic heterocycles. The number of rotatable bonds is 6. The Labute approximate surface area is 159 Å². The molecule has 0 radical (unpaired) electrons. The fourth-order valence-corrected chi connectivity index (χ4v) is 4.37. The zero-order chi connectivity index (χ0) is 19.4. The topological polar surface area (TPSA) is 101 Å². The van der Waals surface area contributed by atoms with Crippen LogP contribution in [0.25, 0.3) is 0 Å². The number of benzene rings is 2. The van der Waals surface area contributed by atoms with Gasteiger partial charge in [0.15, 0.2) is 0 Å². The normalized spacial score (nSPS) is 12.5. The molecular weight excluding hydrogens is 391 g/mol. The summed E-state index contributed by atoms with van der Waals surface area (Å²) in [6.45, 7) is 1.63. The summed E-state index contributed by atoms with van der Waals surface area (Å²) in [5.41, 5.74) is 1.02. The number of aromatic nitrogens is 2. The lowest BCUT2D eigenvalue weighted by molar-refractivity contribution is 0.102. The first-order chi connectivity index (χ1) is 12.8. The Bertz CT molecular complexity index is 1040. The number of nitrogens with zero attached hydrogens (tertiary/aromatic N) is 2. The molecule has 140 valence electrons. The first kappa shape index (κ1) is 19.1. The van der Waals surface area contributed by atoms with Gasteiger partial charge in [-0.2, -0.15) is 0 Å². The average Bonchev–Trinajstić information content (AvgIpc) is 3.12. The monoisotopic (exact) mass is 406 g/mol. The molecule has 0 fully saturated rings. The Morgan fingerprint density at radius 3 is 2.41 bits per heavy atom. The fourth-order valence-electron chi connectivity index (χ4n) is 2.23. The summed E-state index contributed by atoms with van der Waals surface area (Å²) in [5, 5.41) is 9.93. The van der Waals surface area contributed by atoms with Crippen molar-refractivity contribution >= 4 is 32.4 Å². The van der Waals surface area contributed by atoms with Crippen LogP contribution in [0.3, 0.4) is 0 Å². The van der Waals surface area contributed by atoms with E-state index in [2.05, 4.69) is 20.2 Å². The van der Waals surface area contributed by atoms with Crippen LogP contribution in [0.15, 0.2) is 58.9 Å². The number of amides is 1. The van der Waals surface area contributed by atoms with Crippen molar-refractivity contribution in [2.45, 2.75) is 17.3 Å². The minimum atomic E-state index is -3.95. The summed E-state index contributed by atoms with van der Waals surface area (Å²) in [6.07, 6.45) is 0. The first-order valence-electron chi connectivity index (χ1n) is 7.83. The standard InChI is InChI=1S/C17H15FN4O3S2/c1-11(12-7-9-14(18)10-8-12)22-27(24,25)17-21-20-16(26-17)19-15(23)13-5-3-2-4-6-13/h2-11,22H,1H3,(H,19,20,23)/t11-/m0/s1. The van der Waals surface area contributed by atoms with Gasteiger partial charge in [0, 0.05) is 11.6 Å². The van der Waals surface area contributed by atoms with Gasteiger partial charge in [-0.3, -0.25) is 10.1 Å². The number of hydrogen-bond acceptors (Lipinski definition) is 6. The Morgan fingerprint density at radius 2 is 1.74 bits per heavy atom. The Kier molecular flexibility index (Phi) is 5.59. The van der Waals surface area contributed by atoms with E-state index in [9.17, 15) is 17.6 Å². The summed E-state index contributed by atoms with van der Waals surface area (Å²) in [5.74, 6) is -0.819. The van der Waals surface area contributed by atoms with E-state index in [4.69, 9.17) is 0 Å². The van der Waals surface area contributed by atoms with E-state index in [0.29, 0.717) is 11.1 Å². The fraction of sp³-hybridized carbons (Fsp3) is 0.118. The van der Waals surface area contributed by atoms with Crippen LogP contribution in [-0.2, 0) is 10.0 Å². The highest BCUT2D eigenvalue weighted by Crippen LogP contribution is 2.23. The third-order valence-electron chi connectivity index (χ3n) is 3.59. The molecule has 2 aromatic carbocycles. The number of nitrogens with one attached hydrogen (secondary N) is 2. The predicted molar refractivity (Wildman–Crippen MR) is 99.4 cm³/mol. The van der Waals surface area contributed by atoms with E-state index in [1.165, 1.54) is 24.3 Å². The highest BCUT2D eigenvalue weighted by molar-refractivity contribution is 7.91. The second-order valence-electron chi connectivity index (χ2n) is 5.59. The van der Waals surface area contributed by atoms with Crippen LogP contribution in [0.5, 0.6) is 0 Å². The van der Waals surface area contributed by atoms with Gasteiger partial charge in [-0.15, -0.1) is 10.2 Å². The van der Waals surface area contributed by atoms with Crippen LogP contribution in [0.1, 0.15) is 28.9 Å². The number of hydrogen-bond donors (Lipinski definition) is 2. The maximum Gasteiger partial charge on any atom is 0.270 e. The summed E-state index contributed by atoms with van der Waals surface area (Å²) in [6, 6.07) is 13.4. The zero-order valence-corrected chi connectivity index (χ0v) is 15.7. The highest BCUT2D eigenvalue weighted by atomic mass is 32.2. The molecule has 3 aromatic rings. The SMILES string of the molecule is C[C@H](NS(=O)(=O)c1nnc(NC(=O)c2ccccc2)s1)c1ccc(F)cc1. The van der Waals surface area contributed by atoms with Gasteiger partial charge in [-0.05, 0) is 36.8 Å². The van der Waals surface area contributed by atoms with Crippen molar-refractivity contribution < 1.29 is 17.6 Å². The molecule has 3 rings (SSSR count). The van der Waals surface area contributed by atoms with Crippen LogP contribution < -0.4 is 10.0 Å². The second kappa shape index (κ2) is 7.91. The van der Waals surface area contributed by atoms with Gasteiger partial charge in [-0.1, -0.05) is 41.7 Å². The van der Waals surface area contributed by atoms with Crippen molar-refractivity contribution in [1.29, 1.82) is 0 Å². The van der Waals surface area contributed by atoms with E-state index in [1.54, 1.807) is 37.3 Å². The van der Waals surface area contributed by atoms with Crippen molar-refractivity contribution in [2.75, 3.05) is 5.32 Å².